The highest BCUT2D eigenvalue weighted by atomic mass is 79.9. The lowest BCUT2D eigenvalue weighted by atomic mass is 10.2. The summed E-state index contributed by atoms with van der Waals surface area (Å²) in [5.74, 6) is 0. The van der Waals surface area contributed by atoms with Crippen LogP contribution in [0.4, 0.5) is 0 Å². The Morgan fingerprint density at radius 2 is 2.06 bits per heavy atom. The van der Waals surface area contributed by atoms with Gasteiger partial charge in [-0.05, 0) is 52.7 Å². The molecule has 90 valence electrons. The first-order chi connectivity index (χ1) is 8.15. The van der Waals surface area contributed by atoms with Crippen LogP contribution in [0, 0.1) is 0 Å². The van der Waals surface area contributed by atoms with E-state index >= 15 is 0 Å². The standard InChI is InChI=1S/C13H13Br2NS/c1-9(12-5-6-13(15)17-12)16-8-10-3-2-4-11(14)7-10/h2-7,9,16H,8H2,1H3. The molecule has 1 aromatic carbocycles. The summed E-state index contributed by atoms with van der Waals surface area (Å²) in [5, 5.41) is 3.52. The van der Waals surface area contributed by atoms with Gasteiger partial charge in [-0.25, -0.2) is 0 Å². The molecule has 2 aromatic rings. The molecule has 0 fully saturated rings. The highest BCUT2D eigenvalue weighted by Gasteiger charge is 2.07. The van der Waals surface area contributed by atoms with E-state index in [-0.39, 0.29) is 0 Å². The third-order valence-corrected chi connectivity index (χ3v) is 4.82. The Morgan fingerprint density at radius 1 is 1.24 bits per heavy atom. The third kappa shape index (κ3) is 3.91. The van der Waals surface area contributed by atoms with Crippen LogP contribution in [0.25, 0.3) is 0 Å². The monoisotopic (exact) mass is 373 g/mol. The summed E-state index contributed by atoms with van der Waals surface area (Å²) in [6.07, 6.45) is 0. The molecule has 0 aliphatic rings. The van der Waals surface area contributed by atoms with Crippen LogP contribution in [0.15, 0.2) is 44.7 Å². The fourth-order valence-corrected chi connectivity index (χ4v) is 3.48. The van der Waals surface area contributed by atoms with Crippen LogP contribution in [0.1, 0.15) is 23.4 Å². The van der Waals surface area contributed by atoms with E-state index < -0.39 is 0 Å². The van der Waals surface area contributed by atoms with Gasteiger partial charge in [-0.1, -0.05) is 28.1 Å². The predicted octanol–water partition coefficient (Wildman–Crippen LogP) is 5.12. The van der Waals surface area contributed by atoms with E-state index in [1.807, 2.05) is 6.07 Å². The minimum Gasteiger partial charge on any atom is -0.305 e. The van der Waals surface area contributed by atoms with Crippen molar-refractivity contribution in [3.05, 3.63) is 55.1 Å². The zero-order chi connectivity index (χ0) is 12.3. The molecule has 1 aromatic heterocycles. The number of halogens is 2. The summed E-state index contributed by atoms with van der Waals surface area (Å²) >= 11 is 8.76. The molecule has 17 heavy (non-hydrogen) atoms. The van der Waals surface area contributed by atoms with E-state index in [0.29, 0.717) is 6.04 Å². The molecule has 0 spiro atoms. The van der Waals surface area contributed by atoms with Gasteiger partial charge in [0, 0.05) is 21.9 Å². The maximum Gasteiger partial charge on any atom is 0.0701 e. The Kier molecular flexibility index (Phi) is 4.79. The zero-order valence-electron chi connectivity index (χ0n) is 9.41. The van der Waals surface area contributed by atoms with Crippen molar-refractivity contribution in [3.8, 4) is 0 Å². The lowest BCUT2D eigenvalue weighted by Crippen LogP contribution is -2.17. The quantitative estimate of drug-likeness (QED) is 0.782. The molecule has 0 saturated carbocycles. The first kappa shape index (κ1) is 13.3. The van der Waals surface area contributed by atoms with Gasteiger partial charge in [0.15, 0.2) is 0 Å². The molecule has 4 heteroatoms. The van der Waals surface area contributed by atoms with Crippen molar-refractivity contribution < 1.29 is 0 Å². The van der Waals surface area contributed by atoms with E-state index in [1.165, 1.54) is 14.2 Å². The van der Waals surface area contributed by atoms with E-state index in [4.69, 9.17) is 0 Å². The van der Waals surface area contributed by atoms with Crippen LogP contribution in [-0.2, 0) is 6.54 Å². The van der Waals surface area contributed by atoms with Crippen molar-refractivity contribution in [3.63, 3.8) is 0 Å². The van der Waals surface area contributed by atoms with Gasteiger partial charge in [0.25, 0.3) is 0 Å². The topological polar surface area (TPSA) is 12.0 Å². The van der Waals surface area contributed by atoms with Crippen LogP contribution in [0.3, 0.4) is 0 Å². The minimum atomic E-state index is 0.380. The second kappa shape index (κ2) is 6.14. The van der Waals surface area contributed by atoms with Crippen LogP contribution >= 0.6 is 43.2 Å². The van der Waals surface area contributed by atoms with Gasteiger partial charge in [0.05, 0.1) is 3.79 Å². The number of benzene rings is 1. The van der Waals surface area contributed by atoms with Crippen molar-refractivity contribution in [1.29, 1.82) is 0 Å². The van der Waals surface area contributed by atoms with Gasteiger partial charge in [0.2, 0.25) is 0 Å². The van der Waals surface area contributed by atoms with E-state index in [0.717, 1.165) is 11.0 Å². The molecule has 0 saturated heterocycles. The van der Waals surface area contributed by atoms with E-state index in [9.17, 15) is 0 Å². The summed E-state index contributed by atoms with van der Waals surface area (Å²) in [6, 6.07) is 13.0. The summed E-state index contributed by atoms with van der Waals surface area (Å²) < 4.78 is 2.31. The lowest BCUT2D eigenvalue weighted by Gasteiger charge is -2.12. The normalized spacial score (nSPS) is 12.6. The van der Waals surface area contributed by atoms with Gasteiger partial charge in [-0.3, -0.25) is 0 Å². The highest BCUT2D eigenvalue weighted by Crippen LogP contribution is 2.27. The van der Waals surface area contributed by atoms with E-state index in [1.54, 1.807) is 11.3 Å². The maximum absolute atomic E-state index is 3.52. The number of hydrogen-bond acceptors (Lipinski definition) is 2. The predicted molar refractivity (Wildman–Crippen MR) is 81.4 cm³/mol. The molecule has 1 heterocycles. The Labute approximate surface area is 123 Å². The molecular formula is C13H13Br2NS. The molecule has 1 nitrogen and oxygen atoms in total. The van der Waals surface area contributed by atoms with E-state index in [2.05, 4.69) is 74.4 Å². The summed E-state index contributed by atoms with van der Waals surface area (Å²) in [7, 11) is 0. The van der Waals surface area contributed by atoms with Gasteiger partial charge in [0.1, 0.15) is 0 Å². The summed E-state index contributed by atoms with van der Waals surface area (Å²) in [5.41, 5.74) is 1.29. The molecule has 0 aliphatic heterocycles. The Morgan fingerprint density at radius 3 is 2.71 bits per heavy atom. The lowest BCUT2D eigenvalue weighted by molar-refractivity contribution is 0.583. The van der Waals surface area contributed by atoms with Crippen LogP contribution in [0.5, 0.6) is 0 Å². The molecule has 0 radical (unpaired) electrons. The minimum absolute atomic E-state index is 0.380. The molecule has 1 atom stereocenters. The molecule has 0 aliphatic carbocycles. The number of nitrogens with one attached hydrogen (secondary N) is 1. The van der Waals surface area contributed by atoms with Gasteiger partial charge < -0.3 is 5.32 Å². The van der Waals surface area contributed by atoms with Gasteiger partial charge in [-0.15, -0.1) is 11.3 Å². The Hall–Kier alpha value is -0.160. The van der Waals surface area contributed by atoms with Crippen molar-refractivity contribution >= 4 is 43.2 Å². The zero-order valence-corrected chi connectivity index (χ0v) is 13.4. The van der Waals surface area contributed by atoms with Gasteiger partial charge in [-0.2, -0.15) is 0 Å². The fraction of sp³-hybridized carbons (Fsp3) is 0.231. The molecule has 1 N–H and O–H groups in total. The molecule has 0 bridgehead atoms. The number of rotatable bonds is 4. The molecule has 0 amide bonds. The van der Waals surface area contributed by atoms with Gasteiger partial charge >= 0.3 is 0 Å². The SMILES string of the molecule is CC(NCc1cccc(Br)c1)c1ccc(Br)s1. The highest BCUT2D eigenvalue weighted by molar-refractivity contribution is 9.11. The average molecular weight is 375 g/mol. The molecule has 2 rings (SSSR count). The molecule has 1 unspecified atom stereocenters. The van der Waals surface area contributed by atoms with Crippen molar-refractivity contribution in [1.82, 2.24) is 5.32 Å². The van der Waals surface area contributed by atoms with Crippen LogP contribution < -0.4 is 5.32 Å². The second-order valence-electron chi connectivity index (χ2n) is 3.87. The van der Waals surface area contributed by atoms with Crippen LogP contribution in [0.2, 0.25) is 0 Å². The Bertz CT molecular complexity index is 496. The second-order valence-corrected chi connectivity index (χ2v) is 7.28. The first-order valence-corrected chi connectivity index (χ1v) is 7.78. The van der Waals surface area contributed by atoms with Crippen molar-refractivity contribution in [2.24, 2.45) is 0 Å². The van der Waals surface area contributed by atoms with Crippen molar-refractivity contribution in [2.45, 2.75) is 19.5 Å². The van der Waals surface area contributed by atoms with Crippen LogP contribution in [-0.4, -0.2) is 0 Å². The largest absolute Gasteiger partial charge is 0.305 e. The number of thiophene rings is 1. The fourth-order valence-electron chi connectivity index (χ4n) is 1.58. The smallest absolute Gasteiger partial charge is 0.0701 e. The van der Waals surface area contributed by atoms with Crippen molar-refractivity contribution in [2.75, 3.05) is 0 Å². The summed E-state index contributed by atoms with van der Waals surface area (Å²) in [6.45, 7) is 3.08. The molecular weight excluding hydrogens is 362 g/mol. The number of hydrogen-bond donors (Lipinski definition) is 1. The maximum atomic E-state index is 3.52. The first-order valence-electron chi connectivity index (χ1n) is 5.38. The average Bonchev–Trinajstić information content (AvgIpc) is 2.73. The third-order valence-electron chi connectivity index (χ3n) is 2.52. The summed E-state index contributed by atoms with van der Waals surface area (Å²) in [4.78, 5) is 1.35. The Balaban J connectivity index is 1.94.